The zero-order valence-electron chi connectivity index (χ0n) is 15.4. The SMILES string of the molecule is CC(NC(=O)C1(c2cccs2)CCCCC1)c1ccc(OCC(=O)O)cc1. The molecule has 1 unspecified atom stereocenters. The van der Waals surface area contributed by atoms with Crippen molar-refractivity contribution in [1.82, 2.24) is 5.32 Å². The summed E-state index contributed by atoms with van der Waals surface area (Å²) in [6.45, 7) is 1.60. The Balaban J connectivity index is 1.69. The van der Waals surface area contributed by atoms with Crippen molar-refractivity contribution in [2.24, 2.45) is 0 Å². The van der Waals surface area contributed by atoms with Gasteiger partial charge in [0.15, 0.2) is 6.61 Å². The van der Waals surface area contributed by atoms with Crippen molar-refractivity contribution in [3.05, 3.63) is 52.2 Å². The Morgan fingerprint density at radius 1 is 1.19 bits per heavy atom. The first-order chi connectivity index (χ1) is 13.0. The summed E-state index contributed by atoms with van der Waals surface area (Å²) in [5.41, 5.74) is 0.550. The molecule has 0 radical (unpaired) electrons. The molecule has 6 heteroatoms. The van der Waals surface area contributed by atoms with Crippen LogP contribution in [0, 0.1) is 0 Å². The lowest BCUT2D eigenvalue weighted by molar-refractivity contribution is -0.139. The summed E-state index contributed by atoms with van der Waals surface area (Å²) in [6.07, 6.45) is 5.14. The fourth-order valence-electron chi connectivity index (χ4n) is 3.71. The molecule has 0 saturated heterocycles. The molecule has 1 saturated carbocycles. The Hall–Kier alpha value is -2.34. The third kappa shape index (κ3) is 4.50. The highest BCUT2D eigenvalue weighted by Gasteiger charge is 2.42. The van der Waals surface area contributed by atoms with E-state index in [0.29, 0.717) is 5.75 Å². The van der Waals surface area contributed by atoms with Gasteiger partial charge in [0.25, 0.3) is 0 Å². The minimum absolute atomic E-state index is 0.100. The van der Waals surface area contributed by atoms with E-state index in [9.17, 15) is 9.59 Å². The van der Waals surface area contributed by atoms with Crippen molar-refractivity contribution in [1.29, 1.82) is 0 Å². The van der Waals surface area contributed by atoms with Gasteiger partial charge in [0.05, 0.1) is 11.5 Å². The fraction of sp³-hybridized carbons (Fsp3) is 0.429. The lowest BCUT2D eigenvalue weighted by atomic mass is 9.72. The van der Waals surface area contributed by atoms with Gasteiger partial charge in [-0.25, -0.2) is 4.79 Å². The third-order valence-electron chi connectivity index (χ3n) is 5.22. The van der Waals surface area contributed by atoms with Gasteiger partial charge < -0.3 is 15.2 Å². The van der Waals surface area contributed by atoms with Crippen LogP contribution in [0.15, 0.2) is 41.8 Å². The Morgan fingerprint density at radius 2 is 1.89 bits per heavy atom. The van der Waals surface area contributed by atoms with E-state index >= 15 is 0 Å². The van der Waals surface area contributed by atoms with Crippen molar-refractivity contribution >= 4 is 23.2 Å². The van der Waals surface area contributed by atoms with E-state index in [4.69, 9.17) is 9.84 Å². The van der Waals surface area contributed by atoms with Crippen LogP contribution in [0.25, 0.3) is 0 Å². The van der Waals surface area contributed by atoms with E-state index in [1.54, 1.807) is 23.5 Å². The minimum Gasteiger partial charge on any atom is -0.482 e. The number of carboxylic acids is 1. The van der Waals surface area contributed by atoms with E-state index in [-0.39, 0.29) is 18.6 Å². The first-order valence-electron chi connectivity index (χ1n) is 9.31. The summed E-state index contributed by atoms with van der Waals surface area (Å²) in [4.78, 5) is 25.0. The van der Waals surface area contributed by atoms with Crippen LogP contribution in [-0.2, 0) is 15.0 Å². The number of hydrogen-bond acceptors (Lipinski definition) is 4. The number of thiophene rings is 1. The summed E-state index contributed by atoms with van der Waals surface area (Å²) in [5.74, 6) is -0.406. The van der Waals surface area contributed by atoms with Crippen LogP contribution in [0.2, 0.25) is 0 Å². The molecule has 1 amide bonds. The average molecular weight is 388 g/mol. The van der Waals surface area contributed by atoms with Gasteiger partial charge in [-0.05, 0) is 48.9 Å². The van der Waals surface area contributed by atoms with Crippen molar-refractivity contribution in [2.45, 2.75) is 50.5 Å². The number of carbonyl (C=O) groups excluding carboxylic acids is 1. The molecule has 1 aromatic carbocycles. The van der Waals surface area contributed by atoms with Gasteiger partial charge in [-0.15, -0.1) is 11.3 Å². The molecule has 144 valence electrons. The van der Waals surface area contributed by atoms with Crippen LogP contribution in [-0.4, -0.2) is 23.6 Å². The van der Waals surface area contributed by atoms with Crippen molar-refractivity contribution in [3.8, 4) is 5.75 Å². The summed E-state index contributed by atoms with van der Waals surface area (Å²) >= 11 is 1.66. The average Bonchev–Trinajstić information content (AvgIpc) is 3.22. The highest BCUT2D eigenvalue weighted by molar-refractivity contribution is 7.10. The van der Waals surface area contributed by atoms with Gasteiger partial charge in [0.1, 0.15) is 5.75 Å². The molecule has 2 aromatic rings. The predicted octanol–water partition coefficient (Wildman–Crippen LogP) is 4.29. The lowest BCUT2D eigenvalue weighted by Crippen LogP contribution is -2.46. The standard InChI is InChI=1S/C21H25NO4S/c1-15(16-7-9-17(10-8-16)26-14-19(23)24)22-20(25)21(11-3-2-4-12-21)18-6-5-13-27-18/h5-10,13,15H,2-4,11-12,14H2,1H3,(H,22,25)(H,23,24). The largest absolute Gasteiger partial charge is 0.482 e. The van der Waals surface area contributed by atoms with E-state index in [1.807, 2.05) is 30.5 Å². The molecule has 3 rings (SSSR count). The molecule has 2 N–H and O–H groups in total. The molecule has 0 spiro atoms. The Bertz CT molecular complexity index is 764. The topological polar surface area (TPSA) is 75.6 Å². The highest BCUT2D eigenvalue weighted by atomic mass is 32.1. The van der Waals surface area contributed by atoms with E-state index in [1.165, 1.54) is 6.42 Å². The maximum Gasteiger partial charge on any atom is 0.341 e. The number of ether oxygens (including phenoxy) is 1. The fourth-order valence-corrected chi connectivity index (χ4v) is 4.69. The number of aliphatic carboxylic acids is 1. The summed E-state index contributed by atoms with van der Waals surface area (Å²) in [7, 11) is 0. The molecule has 0 bridgehead atoms. The van der Waals surface area contributed by atoms with Crippen molar-refractivity contribution < 1.29 is 19.4 Å². The second-order valence-electron chi connectivity index (χ2n) is 7.07. The molecule has 5 nitrogen and oxygen atoms in total. The minimum atomic E-state index is -1.01. The Morgan fingerprint density at radius 3 is 2.48 bits per heavy atom. The number of carbonyl (C=O) groups is 2. The molecular formula is C21H25NO4S. The van der Waals surface area contributed by atoms with E-state index in [0.717, 1.165) is 36.1 Å². The maximum atomic E-state index is 13.3. The molecule has 1 heterocycles. The quantitative estimate of drug-likeness (QED) is 0.743. The summed E-state index contributed by atoms with van der Waals surface area (Å²) < 4.78 is 5.16. The molecule has 1 aliphatic rings. The predicted molar refractivity (Wildman–Crippen MR) is 105 cm³/mol. The zero-order valence-corrected chi connectivity index (χ0v) is 16.3. The molecule has 1 atom stereocenters. The number of carboxylic acid groups (broad SMARTS) is 1. The van der Waals surface area contributed by atoms with Crippen LogP contribution in [0.5, 0.6) is 5.75 Å². The Labute approximate surface area is 163 Å². The van der Waals surface area contributed by atoms with Gasteiger partial charge >= 0.3 is 5.97 Å². The van der Waals surface area contributed by atoms with E-state index < -0.39 is 11.4 Å². The molecule has 1 fully saturated rings. The van der Waals surface area contributed by atoms with Crippen molar-refractivity contribution in [2.75, 3.05) is 6.61 Å². The first kappa shape index (κ1) is 19.4. The number of hydrogen-bond donors (Lipinski definition) is 2. The lowest BCUT2D eigenvalue weighted by Gasteiger charge is -2.36. The third-order valence-corrected chi connectivity index (χ3v) is 6.30. The monoisotopic (exact) mass is 387 g/mol. The van der Waals surface area contributed by atoms with Crippen LogP contribution >= 0.6 is 11.3 Å². The zero-order chi connectivity index (χ0) is 19.3. The van der Waals surface area contributed by atoms with Crippen molar-refractivity contribution in [3.63, 3.8) is 0 Å². The van der Waals surface area contributed by atoms with Crippen LogP contribution in [0.1, 0.15) is 55.5 Å². The summed E-state index contributed by atoms with van der Waals surface area (Å²) in [5, 5.41) is 13.9. The molecular weight excluding hydrogens is 362 g/mol. The Kier molecular flexibility index (Phi) is 6.16. The van der Waals surface area contributed by atoms with Gasteiger partial charge in [0.2, 0.25) is 5.91 Å². The molecule has 0 aliphatic heterocycles. The van der Waals surface area contributed by atoms with Crippen LogP contribution in [0.3, 0.4) is 0 Å². The van der Waals surface area contributed by atoms with Gasteiger partial charge in [-0.3, -0.25) is 4.79 Å². The van der Waals surface area contributed by atoms with Crippen LogP contribution in [0.4, 0.5) is 0 Å². The normalized spacial score (nSPS) is 17.1. The van der Waals surface area contributed by atoms with Gasteiger partial charge in [-0.1, -0.05) is 37.5 Å². The first-order valence-corrected chi connectivity index (χ1v) is 10.2. The number of benzene rings is 1. The highest BCUT2D eigenvalue weighted by Crippen LogP contribution is 2.42. The maximum absolute atomic E-state index is 13.3. The second-order valence-corrected chi connectivity index (χ2v) is 8.01. The number of rotatable bonds is 7. The molecule has 1 aromatic heterocycles. The number of amides is 1. The van der Waals surface area contributed by atoms with Gasteiger partial charge in [0, 0.05) is 4.88 Å². The molecule has 27 heavy (non-hydrogen) atoms. The van der Waals surface area contributed by atoms with E-state index in [2.05, 4.69) is 11.4 Å². The van der Waals surface area contributed by atoms with Gasteiger partial charge in [-0.2, -0.15) is 0 Å². The van der Waals surface area contributed by atoms with Crippen LogP contribution < -0.4 is 10.1 Å². The second kappa shape index (κ2) is 8.57. The smallest absolute Gasteiger partial charge is 0.341 e. The summed E-state index contributed by atoms with van der Waals surface area (Å²) in [6, 6.07) is 11.1. The number of nitrogens with one attached hydrogen (secondary N) is 1. The molecule has 1 aliphatic carbocycles.